The Labute approximate surface area is 106 Å². The molecule has 94 valence electrons. The van der Waals surface area contributed by atoms with Crippen LogP contribution in [0.3, 0.4) is 0 Å². The molecule has 1 aromatic rings. The molecule has 1 saturated carbocycles. The molecule has 2 nitrogen and oxygen atoms in total. The third-order valence-electron chi connectivity index (χ3n) is 3.50. The van der Waals surface area contributed by atoms with E-state index in [2.05, 4.69) is 5.32 Å². The van der Waals surface area contributed by atoms with Crippen molar-refractivity contribution in [3.8, 4) is 0 Å². The highest BCUT2D eigenvalue weighted by atomic mass is 35.5. The largest absolute Gasteiger partial charge is 0.380 e. The summed E-state index contributed by atoms with van der Waals surface area (Å²) >= 11 is 5.76. The Hall–Kier alpha value is -0.800. The summed E-state index contributed by atoms with van der Waals surface area (Å²) in [5.41, 5.74) is 6.24. The maximum Gasteiger partial charge on any atom is 0.164 e. The fourth-order valence-corrected chi connectivity index (χ4v) is 2.67. The van der Waals surface area contributed by atoms with E-state index >= 15 is 0 Å². The minimum atomic E-state index is -0.365. The van der Waals surface area contributed by atoms with Gasteiger partial charge in [-0.15, -0.1) is 0 Å². The van der Waals surface area contributed by atoms with Gasteiger partial charge in [0.2, 0.25) is 0 Å². The first-order valence-electron chi connectivity index (χ1n) is 6.13. The average molecular weight is 257 g/mol. The van der Waals surface area contributed by atoms with Gasteiger partial charge >= 0.3 is 0 Å². The molecule has 0 saturated heterocycles. The molecule has 2 rings (SSSR count). The third kappa shape index (κ3) is 2.90. The lowest BCUT2D eigenvalue weighted by molar-refractivity contribution is 0.332. The van der Waals surface area contributed by atoms with Crippen molar-refractivity contribution in [3.05, 3.63) is 29.0 Å². The van der Waals surface area contributed by atoms with Gasteiger partial charge in [0.1, 0.15) is 0 Å². The number of nitrogens with one attached hydrogen (secondary N) is 1. The van der Waals surface area contributed by atoms with Gasteiger partial charge in [0, 0.05) is 6.04 Å². The van der Waals surface area contributed by atoms with Crippen LogP contribution in [0.4, 0.5) is 10.1 Å². The normalized spacial score (nSPS) is 24.6. The predicted molar refractivity (Wildman–Crippen MR) is 69.8 cm³/mol. The van der Waals surface area contributed by atoms with Crippen molar-refractivity contribution < 1.29 is 4.39 Å². The second kappa shape index (κ2) is 5.69. The zero-order valence-corrected chi connectivity index (χ0v) is 10.5. The first kappa shape index (κ1) is 12.7. The van der Waals surface area contributed by atoms with E-state index in [9.17, 15) is 4.39 Å². The summed E-state index contributed by atoms with van der Waals surface area (Å²) in [6.45, 7) is 0.653. The number of anilines is 1. The van der Waals surface area contributed by atoms with Gasteiger partial charge in [0.15, 0.2) is 5.82 Å². The molecular weight excluding hydrogens is 239 g/mol. The van der Waals surface area contributed by atoms with Crippen LogP contribution in [0.15, 0.2) is 18.2 Å². The molecule has 1 fully saturated rings. The van der Waals surface area contributed by atoms with Gasteiger partial charge in [-0.2, -0.15) is 0 Å². The van der Waals surface area contributed by atoms with Crippen molar-refractivity contribution >= 4 is 17.3 Å². The van der Waals surface area contributed by atoms with Crippen LogP contribution in [0.2, 0.25) is 5.02 Å². The summed E-state index contributed by atoms with van der Waals surface area (Å²) in [4.78, 5) is 0. The van der Waals surface area contributed by atoms with E-state index < -0.39 is 0 Å². The van der Waals surface area contributed by atoms with Crippen LogP contribution in [0.5, 0.6) is 0 Å². The molecule has 1 aliphatic rings. The molecule has 0 heterocycles. The lowest BCUT2D eigenvalue weighted by Gasteiger charge is -2.32. The predicted octanol–water partition coefficient (Wildman–Crippen LogP) is 3.41. The summed E-state index contributed by atoms with van der Waals surface area (Å²) in [6.07, 6.45) is 4.57. The lowest BCUT2D eigenvalue weighted by atomic mass is 9.84. The van der Waals surface area contributed by atoms with Crippen LogP contribution in [0.1, 0.15) is 25.7 Å². The Morgan fingerprint density at radius 3 is 2.88 bits per heavy atom. The average Bonchev–Trinajstić information content (AvgIpc) is 2.35. The highest BCUT2D eigenvalue weighted by Crippen LogP contribution is 2.29. The van der Waals surface area contributed by atoms with Crippen molar-refractivity contribution in [2.45, 2.75) is 31.7 Å². The molecule has 0 aliphatic heterocycles. The molecule has 0 bridgehead atoms. The minimum Gasteiger partial charge on any atom is -0.380 e. The Morgan fingerprint density at radius 2 is 2.12 bits per heavy atom. The molecule has 1 aromatic carbocycles. The summed E-state index contributed by atoms with van der Waals surface area (Å²) < 4.78 is 13.8. The van der Waals surface area contributed by atoms with Crippen molar-refractivity contribution in [1.82, 2.24) is 0 Å². The number of rotatable bonds is 3. The van der Waals surface area contributed by atoms with Gasteiger partial charge in [-0.25, -0.2) is 4.39 Å². The molecule has 0 aromatic heterocycles. The van der Waals surface area contributed by atoms with E-state index in [0.29, 0.717) is 18.2 Å². The van der Waals surface area contributed by atoms with E-state index in [0.717, 1.165) is 12.8 Å². The molecule has 0 radical (unpaired) electrons. The van der Waals surface area contributed by atoms with Crippen LogP contribution in [-0.4, -0.2) is 12.6 Å². The Kier molecular flexibility index (Phi) is 4.24. The molecule has 2 atom stereocenters. The third-order valence-corrected chi connectivity index (χ3v) is 3.80. The van der Waals surface area contributed by atoms with Crippen molar-refractivity contribution in [3.63, 3.8) is 0 Å². The van der Waals surface area contributed by atoms with E-state index in [1.807, 2.05) is 0 Å². The number of benzene rings is 1. The monoisotopic (exact) mass is 256 g/mol. The van der Waals surface area contributed by atoms with E-state index in [-0.39, 0.29) is 16.9 Å². The molecule has 0 amide bonds. The second-order valence-electron chi connectivity index (χ2n) is 4.63. The Balaban J connectivity index is 2.11. The molecule has 0 spiro atoms. The van der Waals surface area contributed by atoms with Crippen LogP contribution in [0.25, 0.3) is 0 Å². The minimum absolute atomic E-state index is 0.162. The topological polar surface area (TPSA) is 38.0 Å². The fourth-order valence-electron chi connectivity index (χ4n) is 2.49. The van der Waals surface area contributed by atoms with Crippen LogP contribution in [-0.2, 0) is 0 Å². The number of hydrogen-bond acceptors (Lipinski definition) is 2. The second-order valence-corrected chi connectivity index (χ2v) is 5.04. The smallest absolute Gasteiger partial charge is 0.164 e. The van der Waals surface area contributed by atoms with Crippen LogP contribution in [0, 0.1) is 11.7 Å². The van der Waals surface area contributed by atoms with Gasteiger partial charge in [0.05, 0.1) is 10.7 Å². The van der Waals surface area contributed by atoms with Crippen molar-refractivity contribution in [2.75, 3.05) is 11.9 Å². The lowest BCUT2D eigenvalue weighted by Crippen LogP contribution is -2.36. The molecule has 3 N–H and O–H groups in total. The van der Waals surface area contributed by atoms with Gasteiger partial charge in [-0.3, -0.25) is 0 Å². The van der Waals surface area contributed by atoms with E-state index in [1.165, 1.54) is 12.8 Å². The van der Waals surface area contributed by atoms with Crippen molar-refractivity contribution in [1.29, 1.82) is 0 Å². The van der Waals surface area contributed by atoms with Gasteiger partial charge < -0.3 is 11.1 Å². The maximum atomic E-state index is 13.8. The zero-order valence-electron chi connectivity index (χ0n) is 9.76. The van der Waals surface area contributed by atoms with Gasteiger partial charge in [-0.1, -0.05) is 30.5 Å². The molecular formula is C13H18ClFN2. The van der Waals surface area contributed by atoms with E-state index in [4.69, 9.17) is 17.3 Å². The standard InChI is InChI=1S/C13H18ClFN2/c14-10-5-3-7-12(13(10)15)17-11-6-2-1-4-9(11)8-16/h3,5,7,9,11,17H,1-2,4,6,8,16H2. The van der Waals surface area contributed by atoms with Crippen molar-refractivity contribution in [2.24, 2.45) is 11.7 Å². The fraction of sp³-hybridized carbons (Fsp3) is 0.538. The first-order chi connectivity index (χ1) is 8.22. The van der Waals surface area contributed by atoms with Crippen LogP contribution >= 0.6 is 11.6 Å². The maximum absolute atomic E-state index is 13.8. The Bertz CT molecular complexity index is 384. The molecule has 1 aliphatic carbocycles. The summed E-state index contributed by atoms with van der Waals surface area (Å²) in [7, 11) is 0. The van der Waals surface area contributed by atoms with Gasteiger partial charge in [-0.05, 0) is 37.4 Å². The Morgan fingerprint density at radius 1 is 1.35 bits per heavy atom. The highest BCUT2D eigenvalue weighted by Gasteiger charge is 2.24. The zero-order chi connectivity index (χ0) is 12.3. The quantitative estimate of drug-likeness (QED) is 0.870. The SMILES string of the molecule is NCC1CCCCC1Nc1cccc(Cl)c1F. The molecule has 17 heavy (non-hydrogen) atoms. The molecule has 2 unspecified atom stereocenters. The number of nitrogens with two attached hydrogens (primary N) is 1. The van der Waals surface area contributed by atoms with Crippen LogP contribution < -0.4 is 11.1 Å². The summed E-state index contributed by atoms with van der Waals surface area (Å²) in [5.74, 6) is 0.0673. The first-order valence-corrected chi connectivity index (χ1v) is 6.50. The van der Waals surface area contributed by atoms with E-state index in [1.54, 1.807) is 18.2 Å². The number of hydrogen-bond donors (Lipinski definition) is 2. The van der Waals surface area contributed by atoms with Gasteiger partial charge in [0.25, 0.3) is 0 Å². The summed E-state index contributed by atoms with van der Waals surface area (Å²) in [6, 6.07) is 5.31. The molecule has 4 heteroatoms. The number of halogens is 2. The summed E-state index contributed by atoms with van der Waals surface area (Å²) in [5, 5.41) is 3.41. The highest BCUT2D eigenvalue weighted by molar-refractivity contribution is 6.31.